The second-order valence-corrected chi connectivity index (χ2v) is 5.63. The normalized spacial score (nSPS) is 12.6. The van der Waals surface area contributed by atoms with E-state index in [1.165, 1.54) is 57.8 Å². The Morgan fingerprint density at radius 2 is 1.22 bits per heavy atom. The fourth-order valence-corrected chi connectivity index (χ4v) is 2.23. The maximum atomic E-state index is 10.7. The van der Waals surface area contributed by atoms with Crippen LogP contribution in [0.4, 0.5) is 0 Å². The van der Waals surface area contributed by atoms with Gasteiger partial charge in [0.25, 0.3) is 0 Å². The Kier molecular flexibility index (Phi) is 12.8. The van der Waals surface area contributed by atoms with Crippen LogP contribution in [0.1, 0.15) is 90.9 Å². The third kappa shape index (κ3) is 15.6. The molecule has 2 heteroatoms. The zero-order valence-corrected chi connectivity index (χ0v) is 12.4. The first-order chi connectivity index (χ1) is 8.63. The first kappa shape index (κ1) is 17.6. The molecule has 0 aliphatic heterocycles. The van der Waals surface area contributed by atoms with E-state index in [0.29, 0.717) is 5.78 Å². The molecule has 1 atom stereocenters. The van der Waals surface area contributed by atoms with Gasteiger partial charge in [-0.25, -0.2) is 0 Å². The molecule has 0 bridgehead atoms. The molecule has 18 heavy (non-hydrogen) atoms. The average molecular weight is 256 g/mol. The van der Waals surface area contributed by atoms with Gasteiger partial charge in [0, 0.05) is 6.42 Å². The molecule has 1 N–H and O–H groups in total. The summed E-state index contributed by atoms with van der Waals surface area (Å²) in [6.45, 7) is 3.55. The number of ketones is 1. The first-order valence-corrected chi connectivity index (χ1v) is 7.80. The second-order valence-electron chi connectivity index (χ2n) is 5.63. The van der Waals surface area contributed by atoms with Crippen LogP contribution in [0.5, 0.6) is 0 Å². The highest BCUT2D eigenvalue weighted by atomic mass is 16.3. The molecule has 0 aromatic rings. The monoisotopic (exact) mass is 256 g/mol. The molecule has 0 fully saturated rings. The molecule has 0 radical (unpaired) electrons. The number of carbonyl (C=O) groups is 1. The molecule has 0 aromatic carbocycles. The number of hydrogen-bond acceptors (Lipinski definition) is 2. The topological polar surface area (TPSA) is 37.3 Å². The Morgan fingerprint density at radius 3 is 1.61 bits per heavy atom. The SMILES string of the molecule is CC(=O)CCCCCCCCCCCCC(C)O. The Bertz CT molecular complexity index is 188. The van der Waals surface area contributed by atoms with E-state index in [9.17, 15) is 4.79 Å². The van der Waals surface area contributed by atoms with Gasteiger partial charge < -0.3 is 9.90 Å². The summed E-state index contributed by atoms with van der Waals surface area (Å²) < 4.78 is 0. The fraction of sp³-hybridized carbons (Fsp3) is 0.938. The molecule has 1 unspecified atom stereocenters. The number of carbonyl (C=O) groups excluding carboxylic acids is 1. The number of hydrogen-bond donors (Lipinski definition) is 1. The minimum atomic E-state index is -0.125. The Balaban J connectivity index is 2.97. The summed E-state index contributed by atoms with van der Waals surface area (Å²) >= 11 is 0. The van der Waals surface area contributed by atoms with E-state index < -0.39 is 0 Å². The summed E-state index contributed by atoms with van der Waals surface area (Å²) in [5.41, 5.74) is 0. The summed E-state index contributed by atoms with van der Waals surface area (Å²) in [6.07, 6.45) is 14.3. The lowest BCUT2D eigenvalue weighted by atomic mass is 10.0. The van der Waals surface area contributed by atoms with Crippen molar-refractivity contribution < 1.29 is 9.90 Å². The smallest absolute Gasteiger partial charge is 0.129 e. The van der Waals surface area contributed by atoms with Gasteiger partial charge in [0.15, 0.2) is 0 Å². The minimum absolute atomic E-state index is 0.125. The third-order valence-corrected chi connectivity index (χ3v) is 3.40. The highest BCUT2D eigenvalue weighted by molar-refractivity contribution is 5.75. The van der Waals surface area contributed by atoms with Crippen molar-refractivity contribution in [3.63, 3.8) is 0 Å². The van der Waals surface area contributed by atoms with Crippen LogP contribution in [0.25, 0.3) is 0 Å². The van der Waals surface area contributed by atoms with Gasteiger partial charge in [0.05, 0.1) is 6.10 Å². The van der Waals surface area contributed by atoms with Gasteiger partial charge in [-0.2, -0.15) is 0 Å². The van der Waals surface area contributed by atoms with E-state index >= 15 is 0 Å². The molecule has 0 aliphatic carbocycles. The number of aliphatic hydroxyl groups excluding tert-OH is 1. The number of unbranched alkanes of at least 4 members (excludes halogenated alkanes) is 9. The van der Waals surface area contributed by atoms with Crippen molar-refractivity contribution in [2.75, 3.05) is 0 Å². The van der Waals surface area contributed by atoms with Crippen LogP contribution in [-0.4, -0.2) is 17.0 Å². The van der Waals surface area contributed by atoms with E-state index in [1.54, 1.807) is 6.92 Å². The van der Waals surface area contributed by atoms with Gasteiger partial charge in [-0.15, -0.1) is 0 Å². The summed E-state index contributed by atoms with van der Waals surface area (Å²) in [4.78, 5) is 10.7. The van der Waals surface area contributed by atoms with Crippen LogP contribution in [0.3, 0.4) is 0 Å². The molecule has 0 heterocycles. The Morgan fingerprint density at radius 1 is 0.833 bits per heavy atom. The summed E-state index contributed by atoms with van der Waals surface area (Å²) in [5.74, 6) is 0.326. The van der Waals surface area contributed by atoms with Crippen LogP contribution in [0.15, 0.2) is 0 Å². The summed E-state index contributed by atoms with van der Waals surface area (Å²) in [6, 6.07) is 0. The predicted molar refractivity (Wildman–Crippen MR) is 77.8 cm³/mol. The number of aliphatic hydroxyl groups is 1. The molecule has 0 aromatic heterocycles. The first-order valence-electron chi connectivity index (χ1n) is 7.80. The van der Waals surface area contributed by atoms with Crippen molar-refractivity contribution in [3.8, 4) is 0 Å². The molecule has 0 saturated carbocycles. The minimum Gasteiger partial charge on any atom is -0.393 e. The van der Waals surface area contributed by atoms with Crippen molar-refractivity contribution in [2.24, 2.45) is 0 Å². The lowest BCUT2D eigenvalue weighted by Gasteiger charge is -2.04. The van der Waals surface area contributed by atoms with Crippen molar-refractivity contribution in [1.29, 1.82) is 0 Å². The van der Waals surface area contributed by atoms with Crippen molar-refractivity contribution >= 4 is 5.78 Å². The molecule has 0 rings (SSSR count). The fourth-order valence-electron chi connectivity index (χ4n) is 2.23. The lowest BCUT2D eigenvalue weighted by Crippen LogP contribution is -1.98. The molecule has 0 amide bonds. The summed E-state index contributed by atoms with van der Waals surface area (Å²) in [5, 5.41) is 9.11. The second kappa shape index (κ2) is 13.1. The van der Waals surface area contributed by atoms with E-state index in [2.05, 4.69) is 0 Å². The molecule has 0 saturated heterocycles. The Labute approximate surface area is 113 Å². The highest BCUT2D eigenvalue weighted by Gasteiger charge is 1.97. The lowest BCUT2D eigenvalue weighted by molar-refractivity contribution is -0.117. The van der Waals surface area contributed by atoms with Crippen LogP contribution >= 0.6 is 0 Å². The van der Waals surface area contributed by atoms with E-state index in [0.717, 1.165) is 19.3 Å². The molecular weight excluding hydrogens is 224 g/mol. The van der Waals surface area contributed by atoms with Crippen LogP contribution in [0.2, 0.25) is 0 Å². The van der Waals surface area contributed by atoms with Gasteiger partial charge in [-0.3, -0.25) is 0 Å². The van der Waals surface area contributed by atoms with Crippen molar-refractivity contribution in [3.05, 3.63) is 0 Å². The van der Waals surface area contributed by atoms with E-state index in [4.69, 9.17) is 5.11 Å². The zero-order valence-electron chi connectivity index (χ0n) is 12.4. The quantitative estimate of drug-likeness (QED) is 0.487. The zero-order chi connectivity index (χ0) is 13.6. The average Bonchev–Trinajstić information content (AvgIpc) is 2.29. The van der Waals surface area contributed by atoms with Gasteiger partial charge in [0.1, 0.15) is 5.78 Å². The molecule has 108 valence electrons. The maximum absolute atomic E-state index is 10.7. The van der Waals surface area contributed by atoms with Crippen molar-refractivity contribution in [2.45, 2.75) is 97.0 Å². The van der Waals surface area contributed by atoms with Gasteiger partial charge in [0.2, 0.25) is 0 Å². The van der Waals surface area contributed by atoms with Gasteiger partial charge in [-0.1, -0.05) is 57.8 Å². The van der Waals surface area contributed by atoms with Crippen LogP contribution in [-0.2, 0) is 4.79 Å². The summed E-state index contributed by atoms with van der Waals surface area (Å²) in [7, 11) is 0. The maximum Gasteiger partial charge on any atom is 0.129 e. The Hall–Kier alpha value is -0.370. The highest BCUT2D eigenvalue weighted by Crippen LogP contribution is 2.12. The van der Waals surface area contributed by atoms with Crippen LogP contribution in [0, 0.1) is 0 Å². The van der Waals surface area contributed by atoms with Crippen LogP contribution < -0.4 is 0 Å². The van der Waals surface area contributed by atoms with Gasteiger partial charge >= 0.3 is 0 Å². The standard InChI is InChI=1S/C16H32O2/c1-15(17)13-11-9-7-5-3-4-6-8-10-12-14-16(2)18/h15,17H,3-14H2,1-2H3. The van der Waals surface area contributed by atoms with E-state index in [-0.39, 0.29) is 6.10 Å². The third-order valence-electron chi connectivity index (χ3n) is 3.40. The molecule has 0 aliphatic rings. The number of rotatable bonds is 13. The van der Waals surface area contributed by atoms with Gasteiger partial charge in [-0.05, 0) is 26.7 Å². The van der Waals surface area contributed by atoms with Crippen molar-refractivity contribution in [1.82, 2.24) is 0 Å². The largest absolute Gasteiger partial charge is 0.393 e. The predicted octanol–water partition coefficient (Wildman–Crippen LogP) is 4.64. The molecular formula is C16H32O2. The van der Waals surface area contributed by atoms with E-state index in [1.807, 2.05) is 6.92 Å². The molecule has 0 spiro atoms. The molecule has 2 nitrogen and oxygen atoms in total. The number of Topliss-reactive ketones (excluding diaryl/α,β-unsaturated/α-hetero) is 1.